The van der Waals surface area contributed by atoms with Crippen molar-refractivity contribution in [1.82, 2.24) is 4.98 Å². The number of rotatable bonds is 5. The molecule has 0 spiro atoms. The molecule has 0 bridgehead atoms. The summed E-state index contributed by atoms with van der Waals surface area (Å²) in [5.74, 6) is 0.477. The van der Waals surface area contributed by atoms with Crippen LogP contribution in [0.5, 0.6) is 5.75 Å². The average molecular weight is 375 g/mol. The summed E-state index contributed by atoms with van der Waals surface area (Å²) < 4.78 is 5.36. The fraction of sp³-hybridized carbons (Fsp3) is 0.217. The number of nitrogens with one attached hydrogen (secondary N) is 2. The summed E-state index contributed by atoms with van der Waals surface area (Å²) in [6, 6.07) is 19.0. The van der Waals surface area contributed by atoms with Crippen molar-refractivity contribution in [2.75, 3.05) is 17.7 Å². The summed E-state index contributed by atoms with van der Waals surface area (Å²) >= 11 is 0. The first-order valence-electron chi connectivity index (χ1n) is 9.15. The first-order valence-corrected chi connectivity index (χ1v) is 9.15. The van der Waals surface area contributed by atoms with Crippen molar-refractivity contribution >= 4 is 23.0 Å². The van der Waals surface area contributed by atoms with Crippen LogP contribution in [0.25, 0.3) is 0 Å². The van der Waals surface area contributed by atoms with Gasteiger partial charge < -0.3 is 15.4 Å². The number of ether oxygens (including phenoxy) is 1. The number of methoxy groups -OCH3 is 1. The molecule has 3 aromatic rings. The maximum atomic E-state index is 12.8. The number of aromatic nitrogens is 1. The van der Waals surface area contributed by atoms with E-state index in [9.17, 15) is 4.79 Å². The first kappa shape index (κ1) is 19.4. The Morgan fingerprint density at radius 2 is 1.64 bits per heavy atom. The summed E-state index contributed by atoms with van der Waals surface area (Å²) in [4.78, 5) is 17.0. The highest BCUT2D eigenvalue weighted by Gasteiger charge is 2.19. The zero-order chi connectivity index (χ0) is 20.1. The van der Waals surface area contributed by atoms with Gasteiger partial charge >= 0.3 is 0 Å². The fourth-order valence-electron chi connectivity index (χ4n) is 2.97. The van der Waals surface area contributed by atoms with Crippen LogP contribution in [0.4, 0.5) is 17.1 Å². The van der Waals surface area contributed by atoms with Crippen LogP contribution in [0.15, 0.2) is 66.9 Å². The number of benzene rings is 2. The lowest BCUT2D eigenvalue weighted by molar-refractivity contribution is 0.102. The maximum absolute atomic E-state index is 12.8. The Hall–Kier alpha value is -3.34. The van der Waals surface area contributed by atoms with Gasteiger partial charge in [-0.25, -0.2) is 0 Å². The van der Waals surface area contributed by atoms with Gasteiger partial charge in [0.25, 0.3) is 5.91 Å². The molecule has 28 heavy (non-hydrogen) atoms. The largest absolute Gasteiger partial charge is 0.495 e. The number of carbonyl (C=O) groups excluding carboxylic acids is 1. The maximum Gasteiger partial charge on any atom is 0.274 e. The first-order chi connectivity index (χ1) is 13.4. The van der Waals surface area contributed by atoms with Gasteiger partial charge in [0.15, 0.2) is 0 Å². The zero-order valence-electron chi connectivity index (χ0n) is 16.6. The quantitative estimate of drug-likeness (QED) is 0.628. The highest BCUT2D eigenvalue weighted by molar-refractivity contribution is 6.04. The van der Waals surface area contributed by atoms with Crippen LogP contribution in [0.3, 0.4) is 0 Å². The van der Waals surface area contributed by atoms with Crippen LogP contribution in [-0.4, -0.2) is 18.0 Å². The summed E-state index contributed by atoms with van der Waals surface area (Å²) in [6.45, 7) is 6.36. The lowest BCUT2D eigenvalue weighted by Gasteiger charge is -2.23. The molecule has 5 heteroatoms. The van der Waals surface area contributed by atoms with Crippen molar-refractivity contribution in [3.05, 3.63) is 78.1 Å². The van der Waals surface area contributed by atoms with Crippen molar-refractivity contribution in [2.24, 2.45) is 0 Å². The van der Waals surface area contributed by atoms with E-state index in [-0.39, 0.29) is 11.3 Å². The molecular formula is C23H25N3O2. The smallest absolute Gasteiger partial charge is 0.274 e. The van der Waals surface area contributed by atoms with Crippen LogP contribution in [-0.2, 0) is 5.41 Å². The molecule has 1 aromatic heterocycles. The molecule has 1 amide bonds. The van der Waals surface area contributed by atoms with Gasteiger partial charge in [-0.2, -0.15) is 0 Å². The Labute approximate surface area is 165 Å². The number of para-hydroxylation sites is 3. The monoisotopic (exact) mass is 375 g/mol. The van der Waals surface area contributed by atoms with E-state index >= 15 is 0 Å². The third kappa shape index (κ3) is 4.49. The minimum Gasteiger partial charge on any atom is -0.495 e. The Morgan fingerprint density at radius 3 is 2.36 bits per heavy atom. The zero-order valence-corrected chi connectivity index (χ0v) is 16.6. The predicted octanol–water partition coefficient (Wildman–Crippen LogP) is 5.38. The molecule has 0 atom stereocenters. The summed E-state index contributed by atoms with van der Waals surface area (Å²) in [7, 11) is 1.62. The molecule has 0 unspecified atom stereocenters. The molecule has 144 valence electrons. The minimum atomic E-state index is -0.250. The molecule has 5 nitrogen and oxygen atoms in total. The highest BCUT2D eigenvalue weighted by Crippen LogP contribution is 2.30. The van der Waals surface area contributed by atoms with E-state index in [1.54, 1.807) is 19.4 Å². The third-order valence-electron chi connectivity index (χ3n) is 4.36. The van der Waals surface area contributed by atoms with Gasteiger partial charge in [-0.1, -0.05) is 51.1 Å². The molecule has 3 rings (SSSR count). The highest BCUT2D eigenvalue weighted by atomic mass is 16.5. The standard InChI is InChI=1S/C23H25N3O2/c1-23(2,3)17-9-5-6-10-18(17)26-22(27)20-15-16(13-14-24-20)25-19-11-7-8-12-21(19)28-4/h5-15H,1-4H3,(H,24,25)(H,26,27). The topological polar surface area (TPSA) is 63.2 Å². The van der Waals surface area contributed by atoms with Gasteiger partial charge in [0, 0.05) is 17.6 Å². The van der Waals surface area contributed by atoms with Crippen LogP contribution >= 0.6 is 0 Å². The summed E-state index contributed by atoms with van der Waals surface area (Å²) in [5, 5.41) is 6.27. The lowest BCUT2D eigenvalue weighted by Crippen LogP contribution is -2.19. The summed E-state index contributed by atoms with van der Waals surface area (Å²) in [6.07, 6.45) is 1.61. The van der Waals surface area contributed by atoms with Crippen molar-refractivity contribution in [2.45, 2.75) is 26.2 Å². The van der Waals surface area contributed by atoms with E-state index in [1.165, 1.54) is 0 Å². The van der Waals surface area contributed by atoms with E-state index in [0.717, 1.165) is 28.4 Å². The summed E-state index contributed by atoms with van der Waals surface area (Å²) in [5.41, 5.74) is 3.71. The molecule has 0 saturated carbocycles. The Kier molecular flexibility index (Phi) is 5.64. The Balaban J connectivity index is 1.82. The van der Waals surface area contributed by atoms with Crippen LogP contribution in [0.2, 0.25) is 0 Å². The van der Waals surface area contributed by atoms with Crippen LogP contribution in [0.1, 0.15) is 36.8 Å². The average Bonchev–Trinajstić information content (AvgIpc) is 2.68. The molecule has 0 aliphatic heterocycles. The van der Waals surface area contributed by atoms with Crippen LogP contribution < -0.4 is 15.4 Å². The molecule has 0 radical (unpaired) electrons. The number of amides is 1. The van der Waals surface area contributed by atoms with Crippen molar-refractivity contribution < 1.29 is 9.53 Å². The lowest BCUT2D eigenvalue weighted by atomic mass is 9.86. The molecule has 0 aliphatic rings. The molecule has 2 N–H and O–H groups in total. The van der Waals surface area contributed by atoms with E-state index in [0.29, 0.717) is 5.69 Å². The number of anilines is 3. The molecule has 2 aromatic carbocycles. The third-order valence-corrected chi connectivity index (χ3v) is 4.36. The number of hydrogen-bond donors (Lipinski definition) is 2. The second-order valence-electron chi connectivity index (χ2n) is 7.50. The van der Waals surface area contributed by atoms with Crippen LogP contribution in [0, 0.1) is 0 Å². The molecule has 1 heterocycles. The molecule has 0 saturated heterocycles. The van der Waals surface area contributed by atoms with Gasteiger partial charge in [0.2, 0.25) is 0 Å². The minimum absolute atomic E-state index is 0.0788. The van der Waals surface area contributed by atoms with Crippen molar-refractivity contribution in [3.63, 3.8) is 0 Å². The van der Waals surface area contributed by atoms with E-state index in [2.05, 4.69) is 36.4 Å². The second-order valence-corrected chi connectivity index (χ2v) is 7.50. The van der Waals surface area contributed by atoms with Crippen molar-refractivity contribution in [3.8, 4) is 5.75 Å². The predicted molar refractivity (Wildman–Crippen MR) is 114 cm³/mol. The fourth-order valence-corrected chi connectivity index (χ4v) is 2.97. The number of hydrogen-bond acceptors (Lipinski definition) is 4. The van der Waals surface area contributed by atoms with Gasteiger partial charge in [0.1, 0.15) is 11.4 Å². The van der Waals surface area contributed by atoms with Gasteiger partial charge in [-0.05, 0) is 41.3 Å². The van der Waals surface area contributed by atoms with Gasteiger partial charge in [0.05, 0.1) is 12.8 Å². The van der Waals surface area contributed by atoms with E-state index in [1.807, 2.05) is 54.6 Å². The van der Waals surface area contributed by atoms with Gasteiger partial charge in [-0.3, -0.25) is 9.78 Å². The van der Waals surface area contributed by atoms with Crippen molar-refractivity contribution in [1.29, 1.82) is 0 Å². The number of carbonyl (C=O) groups is 1. The van der Waals surface area contributed by atoms with E-state index in [4.69, 9.17) is 4.74 Å². The van der Waals surface area contributed by atoms with E-state index < -0.39 is 0 Å². The number of nitrogens with zero attached hydrogens (tertiary/aromatic N) is 1. The number of pyridine rings is 1. The normalized spacial score (nSPS) is 11.0. The second kappa shape index (κ2) is 8.13. The molecule has 0 aliphatic carbocycles. The van der Waals surface area contributed by atoms with Gasteiger partial charge in [-0.15, -0.1) is 0 Å². The molecular weight excluding hydrogens is 350 g/mol. The Bertz CT molecular complexity index is 977. The Morgan fingerprint density at radius 1 is 0.964 bits per heavy atom. The SMILES string of the molecule is COc1ccccc1Nc1ccnc(C(=O)Nc2ccccc2C(C)(C)C)c1. The molecule has 0 fully saturated rings.